The summed E-state index contributed by atoms with van der Waals surface area (Å²) in [4.78, 5) is 33.3. The van der Waals surface area contributed by atoms with E-state index in [1.807, 2.05) is 30.3 Å². The Hall–Kier alpha value is -3.00. The number of benzene rings is 1. The molecule has 0 spiro atoms. The van der Waals surface area contributed by atoms with Crippen molar-refractivity contribution in [3.63, 3.8) is 0 Å². The molecular weight excluding hydrogens is 416 g/mol. The predicted molar refractivity (Wildman–Crippen MR) is 107 cm³/mol. The lowest BCUT2D eigenvalue weighted by Gasteiger charge is -2.18. The molecule has 13 heteroatoms. The van der Waals surface area contributed by atoms with Crippen LogP contribution in [0.2, 0.25) is 0 Å². The standard InChI is InChI=1S/C17H18N6O6S/c18-17-20-13-9(14(26)21-17)19-7-22(13)15-11(25)10(24)12(29-15)16(23(27)28)30-6-8-4-2-1-3-5-8/h1-5,7,10-12,15-16,24-25H,6H2,(H3,18,20,21,26)/t10-,11+,12-,15+,16?/m0/s1. The van der Waals surface area contributed by atoms with Gasteiger partial charge in [-0.15, -0.1) is 0 Å². The molecule has 0 radical (unpaired) electrons. The van der Waals surface area contributed by atoms with Gasteiger partial charge < -0.3 is 20.7 Å². The third kappa shape index (κ3) is 3.63. The fourth-order valence-electron chi connectivity index (χ4n) is 3.31. The number of nitrogens with one attached hydrogen (secondary N) is 1. The first-order valence-electron chi connectivity index (χ1n) is 8.89. The van der Waals surface area contributed by atoms with Crippen LogP contribution in [0, 0.1) is 10.1 Å². The third-order valence-corrected chi connectivity index (χ3v) is 6.03. The molecule has 0 bridgehead atoms. The fourth-order valence-corrected chi connectivity index (χ4v) is 4.40. The number of aromatic nitrogens is 4. The van der Waals surface area contributed by atoms with Crippen molar-refractivity contribution < 1.29 is 19.9 Å². The Bertz CT molecular complexity index is 1120. The number of hydrogen-bond acceptors (Lipinski definition) is 10. The maximum Gasteiger partial charge on any atom is 0.287 e. The summed E-state index contributed by atoms with van der Waals surface area (Å²) < 4.78 is 6.93. The highest BCUT2D eigenvalue weighted by molar-refractivity contribution is 7.99. The van der Waals surface area contributed by atoms with Crippen molar-refractivity contribution in [3.05, 3.63) is 62.7 Å². The number of nitrogen functional groups attached to an aromatic ring is 1. The summed E-state index contributed by atoms with van der Waals surface area (Å²) in [6.45, 7) is 0. The minimum Gasteiger partial charge on any atom is -0.387 e. The van der Waals surface area contributed by atoms with E-state index >= 15 is 0 Å². The zero-order valence-electron chi connectivity index (χ0n) is 15.4. The van der Waals surface area contributed by atoms with Gasteiger partial charge in [0.15, 0.2) is 23.5 Å². The van der Waals surface area contributed by atoms with Crippen molar-refractivity contribution in [3.8, 4) is 0 Å². The molecule has 12 nitrogen and oxygen atoms in total. The van der Waals surface area contributed by atoms with Crippen LogP contribution in [0.1, 0.15) is 11.8 Å². The Morgan fingerprint density at radius 2 is 2.07 bits per heavy atom. The number of anilines is 1. The van der Waals surface area contributed by atoms with E-state index in [2.05, 4.69) is 15.0 Å². The SMILES string of the molecule is Nc1nc2c(ncn2[C@@H]2O[C@H](C(SCc3ccccc3)[N+](=O)[O-])[C@@H](O)[C@H]2O)c(=O)[nH]1. The minimum atomic E-state index is -1.54. The summed E-state index contributed by atoms with van der Waals surface area (Å²) in [6, 6.07) is 9.15. The number of fused-ring (bicyclic) bond motifs is 1. The fraction of sp³-hybridized carbons (Fsp3) is 0.353. The van der Waals surface area contributed by atoms with E-state index in [0.717, 1.165) is 17.3 Å². The molecule has 0 saturated carbocycles. The number of aromatic amines is 1. The number of imidazole rings is 1. The molecule has 4 rings (SSSR count). The highest BCUT2D eigenvalue weighted by Gasteiger charge is 2.52. The van der Waals surface area contributed by atoms with Gasteiger partial charge in [0, 0.05) is 10.7 Å². The van der Waals surface area contributed by atoms with Gasteiger partial charge in [0.1, 0.15) is 12.2 Å². The molecule has 5 N–H and O–H groups in total. The summed E-state index contributed by atoms with van der Waals surface area (Å²) in [7, 11) is 0. The molecule has 2 aromatic heterocycles. The van der Waals surface area contributed by atoms with Crippen LogP contribution in [0.3, 0.4) is 0 Å². The lowest BCUT2D eigenvalue weighted by molar-refractivity contribution is -0.509. The van der Waals surface area contributed by atoms with E-state index in [4.69, 9.17) is 10.5 Å². The van der Waals surface area contributed by atoms with Crippen LogP contribution in [-0.4, -0.2) is 58.3 Å². The average Bonchev–Trinajstić information content (AvgIpc) is 3.25. The van der Waals surface area contributed by atoms with E-state index in [1.165, 1.54) is 10.9 Å². The number of nitrogens with two attached hydrogens (primary N) is 1. The number of nitro groups is 1. The minimum absolute atomic E-state index is 0.0303. The summed E-state index contributed by atoms with van der Waals surface area (Å²) in [5, 5.41) is 31.3. The summed E-state index contributed by atoms with van der Waals surface area (Å²) in [5.41, 5.74) is 5.85. The lowest BCUT2D eigenvalue weighted by atomic mass is 10.1. The highest BCUT2D eigenvalue weighted by atomic mass is 32.2. The van der Waals surface area contributed by atoms with E-state index in [9.17, 15) is 25.1 Å². The molecule has 1 saturated heterocycles. The van der Waals surface area contributed by atoms with Crippen molar-refractivity contribution >= 4 is 28.9 Å². The first-order chi connectivity index (χ1) is 14.4. The van der Waals surface area contributed by atoms with Crippen molar-refractivity contribution in [2.75, 3.05) is 5.73 Å². The van der Waals surface area contributed by atoms with Gasteiger partial charge in [0.2, 0.25) is 5.95 Å². The zero-order chi connectivity index (χ0) is 21.4. The summed E-state index contributed by atoms with van der Waals surface area (Å²) >= 11 is 0.983. The highest BCUT2D eigenvalue weighted by Crippen LogP contribution is 2.36. The normalized spacial score (nSPS) is 24.9. The summed E-state index contributed by atoms with van der Waals surface area (Å²) in [6.07, 6.45) is -4.37. The third-order valence-electron chi connectivity index (χ3n) is 4.75. The van der Waals surface area contributed by atoms with Crippen LogP contribution in [-0.2, 0) is 10.5 Å². The first-order valence-corrected chi connectivity index (χ1v) is 9.94. The number of hydrogen-bond donors (Lipinski definition) is 4. The van der Waals surface area contributed by atoms with Crippen LogP contribution in [0.25, 0.3) is 11.2 Å². The Morgan fingerprint density at radius 3 is 2.77 bits per heavy atom. The molecule has 0 aliphatic carbocycles. The van der Waals surface area contributed by atoms with Crippen LogP contribution < -0.4 is 11.3 Å². The maximum atomic E-state index is 12.0. The van der Waals surface area contributed by atoms with Gasteiger partial charge in [-0.05, 0) is 5.56 Å². The number of nitrogens with zero attached hydrogens (tertiary/aromatic N) is 4. The van der Waals surface area contributed by atoms with Crippen molar-refractivity contribution in [1.82, 2.24) is 19.5 Å². The second kappa shape index (κ2) is 8.02. The number of aliphatic hydroxyl groups excluding tert-OH is 2. The van der Waals surface area contributed by atoms with Crippen LogP contribution >= 0.6 is 11.8 Å². The molecule has 0 amide bonds. The van der Waals surface area contributed by atoms with Gasteiger partial charge in [0.05, 0.1) is 6.33 Å². The van der Waals surface area contributed by atoms with Crippen LogP contribution in [0.5, 0.6) is 0 Å². The monoisotopic (exact) mass is 434 g/mol. The largest absolute Gasteiger partial charge is 0.387 e. The lowest BCUT2D eigenvalue weighted by Crippen LogP contribution is -2.41. The first kappa shape index (κ1) is 20.3. The zero-order valence-corrected chi connectivity index (χ0v) is 16.2. The van der Waals surface area contributed by atoms with Gasteiger partial charge in [-0.25, -0.2) is 4.98 Å². The smallest absolute Gasteiger partial charge is 0.287 e. The van der Waals surface area contributed by atoms with E-state index < -0.39 is 40.4 Å². The van der Waals surface area contributed by atoms with Gasteiger partial charge in [-0.2, -0.15) is 4.98 Å². The van der Waals surface area contributed by atoms with E-state index in [1.54, 1.807) is 0 Å². The number of aliphatic hydroxyl groups is 2. The number of rotatable bonds is 6. The molecular formula is C17H18N6O6S. The molecule has 1 aromatic carbocycles. The average molecular weight is 434 g/mol. The van der Waals surface area contributed by atoms with Crippen LogP contribution in [0.15, 0.2) is 41.5 Å². The molecule has 1 fully saturated rings. The van der Waals surface area contributed by atoms with Gasteiger partial charge in [-0.3, -0.25) is 24.5 Å². The second-order valence-corrected chi connectivity index (χ2v) is 7.83. The van der Waals surface area contributed by atoms with E-state index in [-0.39, 0.29) is 17.1 Å². The molecule has 5 atom stereocenters. The number of H-pyrrole nitrogens is 1. The van der Waals surface area contributed by atoms with Crippen molar-refractivity contribution in [1.29, 1.82) is 0 Å². The molecule has 3 aromatic rings. The Labute approximate surface area is 172 Å². The Kier molecular flexibility index (Phi) is 5.42. The molecule has 1 aliphatic rings. The number of ether oxygens (including phenoxy) is 1. The Morgan fingerprint density at radius 1 is 1.33 bits per heavy atom. The predicted octanol–water partition coefficient (Wildman–Crippen LogP) is -0.143. The molecule has 1 aliphatic heterocycles. The Balaban J connectivity index is 1.60. The van der Waals surface area contributed by atoms with Gasteiger partial charge in [-0.1, -0.05) is 42.1 Å². The van der Waals surface area contributed by atoms with Gasteiger partial charge >= 0.3 is 0 Å². The van der Waals surface area contributed by atoms with Crippen LogP contribution in [0.4, 0.5) is 5.95 Å². The maximum absolute atomic E-state index is 12.0. The quantitative estimate of drug-likeness (QED) is 0.231. The van der Waals surface area contributed by atoms with E-state index in [0.29, 0.717) is 5.75 Å². The summed E-state index contributed by atoms with van der Waals surface area (Å²) in [5.74, 6) is 0.154. The number of thioether (sulfide) groups is 1. The van der Waals surface area contributed by atoms with Crippen molar-refractivity contribution in [2.45, 2.75) is 35.7 Å². The molecule has 3 heterocycles. The van der Waals surface area contributed by atoms with Crippen molar-refractivity contribution in [2.24, 2.45) is 0 Å². The molecule has 1 unspecified atom stereocenters. The molecule has 30 heavy (non-hydrogen) atoms. The topological polar surface area (TPSA) is 182 Å². The second-order valence-electron chi connectivity index (χ2n) is 6.72. The van der Waals surface area contributed by atoms with Gasteiger partial charge in [0.25, 0.3) is 10.9 Å². The molecule has 158 valence electrons.